The van der Waals surface area contributed by atoms with Gasteiger partial charge in [0.05, 0.1) is 25.9 Å². The normalized spacial score (nSPS) is 13.0. The van der Waals surface area contributed by atoms with Gasteiger partial charge < -0.3 is 19.1 Å². The molecule has 0 radical (unpaired) electrons. The fourth-order valence-corrected chi connectivity index (χ4v) is 1.26. The summed E-state index contributed by atoms with van der Waals surface area (Å²) in [4.78, 5) is 0. The molecule has 0 aromatic carbocycles. The van der Waals surface area contributed by atoms with Gasteiger partial charge in [-0.1, -0.05) is 0 Å². The van der Waals surface area contributed by atoms with Crippen molar-refractivity contribution in [3.8, 4) is 0 Å². The standard InChI is InChI=1S/C11H19NO3/c1-10(13)11-3-4-12(9-11)5-6-15-8-7-14-2/h3-4,9-10,13H,5-8H2,1-2H3. The van der Waals surface area contributed by atoms with Gasteiger partial charge >= 0.3 is 0 Å². The third-order valence-corrected chi connectivity index (χ3v) is 2.18. The Morgan fingerprint density at radius 1 is 1.40 bits per heavy atom. The van der Waals surface area contributed by atoms with Gasteiger partial charge in [0.25, 0.3) is 0 Å². The van der Waals surface area contributed by atoms with E-state index in [0.717, 1.165) is 12.1 Å². The molecule has 0 saturated carbocycles. The maximum absolute atomic E-state index is 9.32. The number of aliphatic hydroxyl groups is 1. The highest BCUT2D eigenvalue weighted by molar-refractivity contribution is 5.12. The lowest BCUT2D eigenvalue weighted by molar-refractivity contribution is 0.0666. The number of nitrogens with zero attached hydrogens (tertiary/aromatic N) is 1. The molecular formula is C11H19NO3. The Balaban J connectivity index is 2.20. The third-order valence-electron chi connectivity index (χ3n) is 2.18. The van der Waals surface area contributed by atoms with Crippen molar-refractivity contribution in [3.63, 3.8) is 0 Å². The molecule has 0 bridgehead atoms. The van der Waals surface area contributed by atoms with E-state index in [0.29, 0.717) is 19.8 Å². The summed E-state index contributed by atoms with van der Waals surface area (Å²) in [5, 5.41) is 9.32. The van der Waals surface area contributed by atoms with E-state index in [1.54, 1.807) is 14.0 Å². The van der Waals surface area contributed by atoms with E-state index >= 15 is 0 Å². The second-order valence-corrected chi connectivity index (χ2v) is 3.46. The molecule has 0 amide bonds. The van der Waals surface area contributed by atoms with Gasteiger partial charge in [0.2, 0.25) is 0 Å². The maximum atomic E-state index is 9.32. The van der Waals surface area contributed by atoms with Crippen LogP contribution in [-0.2, 0) is 16.0 Å². The smallest absolute Gasteiger partial charge is 0.0776 e. The highest BCUT2D eigenvalue weighted by Crippen LogP contribution is 2.11. The zero-order valence-electron chi connectivity index (χ0n) is 9.35. The fraction of sp³-hybridized carbons (Fsp3) is 0.636. The van der Waals surface area contributed by atoms with Crippen LogP contribution in [0.5, 0.6) is 0 Å². The molecule has 15 heavy (non-hydrogen) atoms. The van der Waals surface area contributed by atoms with Crippen LogP contribution in [0.1, 0.15) is 18.6 Å². The van der Waals surface area contributed by atoms with E-state index in [-0.39, 0.29) is 0 Å². The summed E-state index contributed by atoms with van der Waals surface area (Å²) in [5.41, 5.74) is 0.937. The van der Waals surface area contributed by atoms with Crippen molar-refractivity contribution < 1.29 is 14.6 Å². The minimum Gasteiger partial charge on any atom is -0.389 e. The van der Waals surface area contributed by atoms with Crippen molar-refractivity contribution in [1.82, 2.24) is 4.57 Å². The van der Waals surface area contributed by atoms with Gasteiger partial charge in [0.1, 0.15) is 0 Å². The molecule has 1 unspecified atom stereocenters. The zero-order valence-corrected chi connectivity index (χ0v) is 9.35. The van der Waals surface area contributed by atoms with Crippen molar-refractivity contribution in [3.05, 3.63) is 24.0 Å². The van der Waals surface area contributed by atoms with Gasteiger partial charge in [0.15, 0.2) is 0 Å². The summed E-state index contributed by atoms with van der Waals surface area (Å²) in [5.74, 6) is 0. The first-order valence-corrected chi connectivity index (χ1v) is 5.14. The third kappa shape index (κ3) is 4.46. The Morgan fingerprint density at radius 3 is 2.80 bits per heavy atom. The van der Waals surface area contributed by atoms with E-state index < -0.39 is 6.10 Å². The van der Waals surface area contributed by atoms with Crippen LogP contribution in [0, 0.1) is 0 Å². The zero-order chi connectivity index (χ0) is 11.1. The number of rotatable bonds is 7. The predicted molar refractivity (Wildman–Crippen MR) is 57.8 cm³/mol. The van der Waals surface area contributed by atoms with Gasteiger partial charge in [-0.2, -0.15) is 0 Å². The van der Waals surface area contributed by atoms with E-state index in [9.17, 15) is 5.11 Å². The summed E-state index contributed by atoms with van der Waals surface area (Å²) in [7, 11) is 1.66. The lowest BCUT2D eigenvalue weighted by Crippen LogP contribution is -2.08. The number of hydrogen-bond acceptors (Lipinski definition) is 3. The minimum atomic E-state index is -0.402. The van der Waals surface area contributed by atoms with Gasteiger partial charge in [-0.05, 0) is 18.6 Å². The molecular weight excluding hydrogens is 194 g/mol. The Kier molecular flexibility index (Phi) is 5.39. The van der Waals surface area contributed by atoms with Crippen LogP contribution < -0.4 is 0 Å². The van der Waals surface area contributed by atoms with E-state index in [2.05, 4.69) is 0 Å². The quantitative estimate of drug-likeness (QED) is 0.692. The maximum Gasteiger partial charge on any atom is 0.0776 e. The molecule has 0 aliphatic carbocycles. The molecule has 0 aliphatic heterocycles. The molecule has 0 spiro atoms. The SMILES string of the molecule is COCCOCCn1ccc(C(C)O)c1. The van der Waals surface area contributed by atoms with Gasteiger partial charge in [0, 0.05) is 26.0 Å². The first kappa shape index (κ1) is 12.2. The fourth-order valence-electron chi connectivity index (χ4n) is 1.26. The molecule has 1 aromatic heterocycles. The Morgan fingerprint density at radius 2 is 2.20 bits per heavy atom. The molecule has 1 aromatic rings. The molecule has 86 valence electrons. The highest BCUT2D eigenvalue weighted by Gasteiger charge is 2.01. The summed E-state index contributed by atoms with van der Waals surface area (Å²) in [6.45, 7) is 4.48. The lowest BCUT2D eigenvalue weighted by Gasteiger charge is -2.04. The van der Waals surface area contributed by atoms with Crippen LogP contribution in [0.3, 0.4) is 0 Å². The van der Waals surface area contributed by atoms with E-state index in [4.69, 9.17) is 9.47 Å². The van der Waals surface area contributed by atoms with Gasteiger partial charge in [-0.15, -0.1) is 0 Å². The summed E-state index contributed by atoms with van der Waals surface area (Å²) >= 11 is 0. The van der Waals surface area contributed by atoms with Crippen molar-refractivity contribution in [2.24, 2.45) is 0 Å². The van der Waals surface area contributed by atoms with Gasteiger partial charge in [-0.3, -0.25) is 0 Å². The van der Waals surface area contributed by atoms with Crippen LogP contribution in [-0.4, -0.2) is 36.6 Å². The summed E-state index contributed by atoms with van der Waals surface area (Å²) in [6.07, 6.45) is 3.48. The predicted octanol–water partition coefficient (Wildman–Crippen LogP) is 1.20. The van der Waals surface area contributed by atoms with Crippen LogP contribution >= 0.6 is 0 Å². The number of methoxy groups -OCH3 is 1. The molecule has 1 N–H and O–H groups in total. The first-order valence-electron chi connectivity index (χ1n) is 5.14. The molecule has 4 heteroatoms. The van der Waals surface area contributed by atoms with Crippen LogP contribution in [0.2, 0.25) is 0 Å². The molecule has 0 saturated heterocycles. The molecule has 0 aliphatic rings. The Labute approximate surface area is 90.4 Å². The topological polar surface area (TPSA) is 43.6 Å². The van der Waals surface area contributed by atoms with Crippen LogP contribution in [0.25, 0.3) is 0 Å². The van der Waals surface area contributed by atoms with Crippen molar-refractivity contribution in [2.45, 2.75) is 19.6 Å². The van der Waals surface area contributed by atoms with Gasteiger partial charge in [-0.25, -0.2) is 0 Å². The van der Waals surface area contributed by atoms with Crippen LogP contribution in [0.15, 0.2) is 18.5 Å². The average molecular weight is 213 g/mol. The van der Waals surface area contributed by atoms with E-state index in [1.165, 1.54) is 0 Å². The molecule has 0 fully saturated rings. The number of hydrogen-bond donors (Lipinski definition) is 1. The molecule has 1 atom stereocenters. The molecule has 1 rings (SSSR count). The van der Waals surface area contributed by atoms with Crippen LogP contribution in [0.4, 0.5) is 0 Å². The van der Waals surface area contributed by atoms with E-state index in [1.807, 2.05) is 23.0 Å². The average Bonchev–Trinajstić information content (AvgIpc) is 2.66. The van der Waals surface area contributed by atoms with Crippen molar-refractivity contribution in [1.29, 1.82) is 0 Å². The first-order chi connectivity index (χ1) is 7.24. The van der Waals surface area contributed by atoms with Crippen molar-refractivity contribution >= 4 is 0 Å². The van der Waals surface area contributed by atoms with Crippen molar-refractivity contribution in [2.75, 3.05) is 26.9 Å². The summed E-state index contributed by atoms with van der Waals surface area (Å²) in [6, 6.07) is 1.92. The largest absolute Gasteiger partial charge is 0.389 e. The number of aliphatic hydroxyl groups excluding tert-OH is 1. The number of aromatic nitrogens is 1. The second kappa shape index (κ2) is 6.61. The molecule has 1 heterocycles. The summed E-state index contributed by atoms with van der Waals surface area (Å²) < 4.78 is 12.2. The Hall–Kier alpha value is -0.840. The minimum absolute atomic E-state index is 0.402. The second-order valence-electron chi connectivity index (χ2n) is 3.46. The molecule has 4 nitrogen and oxygen atoms in total. The number of ether oxygens (including phenoxy) is 2. The lowest BCUT2D eigenvalue weighted by atomic mass is 10.2. The highest BCUT2D eigenvalue weighted by atomic mass is 16.5. The monoisotopic (exact) mass is 213 g/mol. The Bertz CT molecular complexity index is 271.